The molecule has 0 aliphatic carbocycles. The molecular weight excluding hydrogens is 450 g/mol. The van der Waals surface area contributed by atoms with Crippen LogP contribution in [0.3, 0.4) is 0 Å². The van der Waals surface area contributed by atoms with E-state index < -0.39 is 16.6 Å². The van der Waals surface area contributed by atoms with Crippen LogP contribution in [0.25, 0.3) is 10.8 Å². The van der Waals surface area contributed by atoms with Crippen molar-refractivity contribution in [2.45, 2.75) is 6.92 Å². The summed E-state index contributed by atoms with van der Waals surface area (Å²) in [5, 5.41) is 34.3. The van der Waals surface area contributed by atoms with E-state index >= 15 is 0 Å². The maximum atomic E-state index is 13.0. The van der Waals surface area contributed by atoms with E-state index in [-0.39, 0.29) is 22.6 Å². The van der Waals surface area contributed by atoms with Gasteiger partial charge in [0.05, 0.1) is 10.5 Å². The number of anilines is 1. The number of aryl methyl sites for hydroxylation is 1. The first-order valence-corrected chi connectivity index (χ1v) is 10.5. The number of amides is 1. The molecule has 0 unspecified atom stereocenters. The van der Waals surface area contributed by atoms with Gasteiger partial charge in [-0.05, 0) is 36.1 Å². The minimum absolute atomic E-state index is 0.00355. The first-order valence-electron chi connectivity index (χ1n) is 10.5. The largest absolute Gasteiger partial charge is 0.505 e. The minimum atomic E-state index is -0.628. The quantitative estimate of drug-likeness (QED) is 0.144. The van der Waals surface area contributed by atoms with Gasteiger partial charge >= 0.3 is 0 Å². The van der Waals surface area contributed by atoms with E-state index in [4.69, 9.17) is 0 Å². The molecule has 0 spiro atoms. The Morgan fingerprint density at radius 2 is 1.74 bits per heavy atom. The van der Waals surface area contributed by atoms with Gasteiger partial charge in [0.15, 0.2) is 18.5 Å². The highest BCUT2D eigenvalue weighted by molar-refractivity contribution is 6.11. The van der Waals surface area contributed by atoms with E-state index in [0.29, 0.717) is 32.5 Å². The van der Waals surface area contributed by atoms with Crippen LogP contribution in [0, 0.1) is 21.9 Å². The summed E-state index contributed by atoms with van der Waals surface area (Å²) in [6.07, 6.45) is 0. The number of fused-ring (bicyclic) bond motifs is 1. The molecule has 0 atom stereocenters. The van der Waals surface area contributed by atoms with Crippen molar-refractivity contribution in [2.24, 2.45) is 10.2 Å². The van der Waals surface area contributed by atoms with E-state index in [2.05, 4.69) is 15.5 Å². The zero-order valence-corrected chi connectivity index (χ0v) is 18.8. The van der Waals surface area contributed by atoms with Crippen LogP contribution < -0.4 is 5.32 Å². The molecule has 0 heterocycles. The molecule has 0 radical (unpaired) electrons. The van der Waals surface area contributed by atoms with Crippen LogP contribution in [0.4, 0.5) is 28.4 Å². The molecule has 0 aliphatic rings. The number of nitroso groups, excluding NO2 is 1. The van der Waals surface area contributed by atoms with Gasteiger partial charge in [-0.3, -0.25) is 14.9 Å². The number of carbonyl (C=O) groups excluding carboxylic acids is 1. The summed E-state index contributed by atoms with van der Waals surface area (Å²) in [6, 6.07) is 19.3. The van der Waals surface area contributed by atoms with E-state index in [1.807, 2.05) is 0 Å². The lowest BCUT2D eigenvalue weighted by molar-refractivity contribution is -0.428. The summed E-state index contributed by atoms with van der Waals surface area (Å²) >= 11 is 0. The van der Waals surface area contributed by atoms with Crippen LogP contribution in [0.1, 0.15) is 15.9 Å². The molecule has 35 heavy (non-hydrogen) atoms. The number of aromatic hydroxyl groups is 1. The van der Waals surface area contributed by atoms with Crippen LogP contribution in [-0.4, -0.2) is 27.7 Å². The molecule has 0 aromatic heterocycles. The van der Waals surface area contributed by atoms with Gasteiger partial charge in [-0.2, -0.15) is 0 Å². The molecule has 174 valence electrons. The summed E-state index contributed by atoms with van der Waals surface area (Å²) in [7, 11) is 1.34. The number of hydrogen-bond donors (Lipinski definition) is 2. The van der Waals surface area contributed by atoms with Crippen LogP contribution in [0.5, 0.6) is 5.75 Å². The fraction of sp³-hybridized carbons (Fsp3) is 0.0800. The Labute approximate surface area is 199 Å². The fourth-order valence-corrected chi connectivity index (χ4v) is 3.54. The summed E-state index contributed by atoms with van der Waals surface area (Å²) in [6.45, 7) is 1.72. The molecular formula is C25H20N5O5+. The lowest BCUT2D eigenvalue weighted by Crippen LogP contribution is -2.12. The van der Waals surface area contributed by atoms with Gasteiger partial charge in [0.2, 0.25) is 0 Å². The van der Waals surface area contributed by atoms with Gasteiger partial charge in [0.1, 0.15) is 5.69 Å². The standard InChI is InChI=1S/C25H19N5O5/c1-15-10-11-21(22(12-15)30(34)35)27-28-23-19-9-4-3-6-16(19)13-20(24(23)31)25(32)26-17-7-5-8-18(14-17)29(2)33/h3-14H,1-2H3,(H-,26,27,31,32)/p+1. The zero-order chi connectivity index (χ0) is 25.1. The molecule has 0 saturated heterocycles. The number of nitro groups is 1. The van der Waals surface area contributed by atoms with Crippen LogP contribution in [-0.2, 0) is 0 Å². The topological polar surface area (TPSA) is 137 Å². The number of nitro benzene ring substituents is 1. The summed E-state index contributed by atoms with van der Waals surface area (Å²) in [4.78, 5) is 35.5. The van der Waals surface area contributed by atoms with Crippen molar-refractivity contribution < 1.29 is 19.6 Å². The van der Waals surface area contributed by atoms with Crippen molar-refractivity contribution in [3.05, 3.63) is 98.9 Å². The predicted octanol–water partition coefficient (Wildman–Crippen LogP) is 6.47. The van der Waals surface area contributed by atoms with Gasteiger partial charge in [-0.25, -0.2) is 0 Å². The second-order valence-electron chi connectivity index (χ2n) is 7.79. The van der Waals surface area contributed by atoms with E-state index in [0.717, 1.165) is 0 Å². The average Bonchev–Trinajstić information content (AvgIpc) is 2.83. The number of carbonyl (C=O) groups is 1. The monoisotopic (exact) mass is 470 g/mol. The van der Waals surface area contributed by atoms with Gasteiger partial charge in [0.25, 0.3) is 17.3 Å². The third-order valence-corrected chi connectivity index (χ3v) is 5.29. The molecule has 4 aromatic carbocycles. The van der Waals surface area contributed by atoms with E-state index in [1.165, 1.54) is 31.3 Å². The van der Waals surface area contributed by atoms with Crippen molar-refractivity contribution in [3.63, 3.8) is 0 Å². The molecule has 0 fully saturated rings. The number of rotatable bonds is 6. The maximum absolute atomic E-state index is 13.0. The molecule has 0 aliphatic heterocycles. The van der Waals surface area contributed by atoms with Gasteiger partial charge in [-0.1, -0.05) is 36.4 Å². The van der Waals surface area contributed by atoms with Crippen molar-refractivity contribution in [1.29, 1.82) is 0 Å². The SMILES string of the molecule is Cc1ccc(N=Nc2c(O)c(C(=O)Nc3cccc([N+](C)=O)c3)cc3ccccc23)c([N+](=O)[O-])c1. The van der Waals surface area contributed by atoms with Gasteiger partial charge in [0, 0.05) is 38.9 Å². The molecule has 2 N–H and O–H groups in total. The Balaban J connectivity index is 1.78. The number of nitrogens with zero attached hydrogens (tertiary/aromatic N) is 4. The Hall–Kier alpha value is -4.99. The highest BCUT2D eigenvalue weighted by Crippen LogP contribution is 2.40. The fourth-order valence-electron chi connectivity index (χ4n) is 3.54. The second kappa shape index (κ2) is 9.48. The molecule has 1 amide bonds. The third-order valence-electron chi connectivity index (χ3n) is 5.29. The van der Waals surface area contributed by atoms with Crippen molar-refractivity contribution in [2.75, 3.05) is 12.4 Å². The third kappa shape index (κ3) is 4.86. The lowest BCUT2D eigenvalue weighted by atomic mass is 10.0. The summed E-state index contributed by atoms with van der Waals surface area (Å²) in [5.74, 6) is -1.06. The lowest BCUT2D eigenvalue weighted by Gasteiger charge is -2.11. The first-order chi connectivity index (χ1) is 16.7. The van der Waals surface area contributed by atoms with Crippen LogP contribution in [0.2, 0.25) is 0 Å². The van der Waals surface area contributed by atoms with E-state index in [1.54, 1.807) is 55.5 Å². The van der Waals surface area contributed by atoms with E-state index in [9.17, 15) is 24.9 Å². The van der Waals surface area contributed by atoms with Crippen LogP contribution in [0.15, 0.2) is 83.0 Å². The molecule has 0 bridgehead atoms. The van der Waals surface area contributed by atoms with Crippen molar-refractivity contribution in [3.8, 4) is 5.75 Å². The Morgan fingerprint density at radius 1 is 0.971 bits per heavy atom. The molecule has 10 nitrogen and oxygen atoms in total. The summed E-state index contributed by atoms with van der Waals surface area (Å²) < 4.78 is 0.659. The molecule has 0 saturated carbocycles. The number of hydrogen-bond acceptors (Lipinski definition) is 7. The Kier molecular flexibility index (Phi) is 6.27. The second-order valence-corrected chi connectivity index (χ2v) is 7.79. The van der Waals surface area contributed by atoms with Crippen LogP contribution >= 0.6 is 0 Å². The minimum Gasteiger partial charge on any atom is -0.505 e. The molecule has 4 aromatic rings. The molecule has 4 rings (SSSR count). The number of nitrogens with one attached hydrogen (secondary N) is 1. The predicted molar refractivity (Wildman–Crippen MR) is 131 cm³/mol. The number of phenols is 1. The van der Waals surface area contributed by atoms with Gasteiger partial charge in [-0.15, -0.1) is 10.2 Å². The first kappa shape index (κ1) is 23.2. The smallest absolute Gasteiger partial charge is 0.296 e. The normalized spacial score (nSPS) is 11.0. The Bertz CT molecular complexity index is 1530. The number of azo groups is 1. The molecule has 10 heteroatoms. The highest BCUT2D eigenvalue weighted by Gasteiger charge is 2.20. The number of benzene rings is 4. The zero-order valence-electron chi connectivity index (χ0n) is 18.8. The van der Waals surface area contributed by atoms with Crippen molar-refractivity contribution >= 4 is 45.1 Å². The number of phenolic OH excluding ortho intramolecular Hbond substituents is 1. The Morgan fingerprint density at radius 3 is 2.49 bits per heavy atom. The summed E-state index contributed by atoms with van der Waals surface area (Å²) in [5.41, 5.74) is 1.11. The van der Waals surface area contributed by atoms with Crippen molar-refractivity contribution in [1.82, 2.24) is 0 Å². The maximum Gasteiger partial charge on any atom is 0.296 e. The highest BCUT2D eigenvalue weighted by atomic mass is 16.6. The van der Waals surface area contributed by atoms with Gasteiger partial charge < -0.3 is 10.4 Å². The average molecular weight is 470 g/mol.